The molecule has 1 N–H and O–H groups in total. The lowest BCUT2D eigenvalue weighted by Crippen LogP contribution is -2.21. The summed E-state index contributed by atoms with van der Waals surface area (Å²) < 4.78 is 4.66. The maximum absolute atomic E-state index is 11.3. The highest BCUT2D eigenvalue weighted by Crippen LogP contribution is 2.18. The van der Waals surface area contributed by atoms with E-state index >= 15 is 0 Å². The first kappa shape index (κ1) is 18.5. The number of hydrogen-bond donors (Lipinski definition) is 1. The molecule has 0 aliphatic rings. The largest absolute Gasteiger partial charge is 0.469 e. The van der Waals surface area contributed by atoms with Crippen LogP contribution in [0.5, 0.6) is 0 Å². The van der Waals surface area contributed by atoms with Crippen LogP contribution in [0.4, 0.5) is 0 Å². The molecule has 0 heterocycles. The molecule has 132 valence electrons. The predicted octanol–water partition coefficient (Wildman–Crippen LogP) is 3.18. The first-order chi connectivity index (χ1) is 12.2. The molecule has 2 aromatic rings. The molecule has 0 amide bonds. The van der Waals surface area contributed by atoms with Crippen molar-refractivity contribution in [1.29, 1.82) is 0 Å². The van der Waals surface area contributed by atoms with Crippen molar-refractivity contribution in [3.63, 3.8) is 0 Å². The van der Waals surface area contributed by atoms with Gasteiger partial charge >= 0.3 is 5.97 Å². The number of fused-ring (bicyclic) bond motifs is 1. The number of esters is 1. The molecule has 0 unspecified atom stereocenters. The predicted molar refractivity (Wildman–Crippen MR) is 97.0 cm³/mol. The van der Waals surface area contributed by atoms with Gasteiger partial charge in [-0.15, -0.1) is 0 Å². The molecule has 2 aromatic carbocycles. The molecule has 0 spiro atoms. The van der Waals surface area contributed by atoms with Gasteiger partial charge < -0.3 is 9.57 Å². The first-order valence-electron chi connectivity index (χ1n) is 7.86. The number of hydrogen-bond acceptors (Lipinski definition) is 6. The van der Waals surface area contributed by atoms with Gasteiger partial charge in [-0.25, -0.2) is 0 Å². The number of nitrogens with one attached hydrogen (secondary N) is 1. The summed E-state index contributed by atoms with van der Waals surface area (Å²) in [4.78, 5) is 21.4. The third-order valence-electron chi connectivity index (χ3n) is 3.60. The van der Waals surface area contributed by atoms with Crippen LogP contribution in [-0.4, -0.2) is 33.0 Å². The van der Waals surface area contributed by atoms with Gasteiger partial charge in [0.1, 0.15) is 12.8 Å². The van der Waals surface area contributed by atoms with E-state index < -0.39 is 0 Å². The lowest BCUT2D eigenvalue weighted by molar-refractivity contribution is -0.140. The van der Waals surface area contributed by atoms with Crippen molar-refractivity contribution >= 4 is 22.5 Å². The number of benzene rings is 2. The number of rotatable bonds is 8. The number of ether oxygens (including phenoxy) is 1. The Balaban J connectivity index is 2.35. The molecule has 0 saturated heterocycles. The zero-order valence-electron chi connectivity index (χ0n) is 14.6. The molecule has 6 heteroatoms. The van der Waals surface area contributed by atoms with Crippen molar-refractivity contribution < 1.29 is 19.2 Å². The minimum atomic E-state index is -0.274. The van der Waals surface area contributed by atoms with Gasteiger partial charge in [-0.3, -0.25) is 15.1 Å². The molecule has 25 heavy (non-hydrogen) atoms. The minimum absolute atomic E-state index is 0.267. The lowest BCUT2D eigenvalue weighted by Gasteiger charge is -2.12. The lowest BCUT2D eigenvalue weighted by atomic mass is 10.0. The van der Waals surface area contributed by atoms with Gasteiger partial charge in [0.15, 0.2) is 0 Å². The van der Waals surface area contributed by atoms with E-state index in [0.29, 0.717) is 17.8 Å². The minimum Gasteiger partial charge on any atom is -0.469 e. The molecule has 0 radical (unpaired) electrons. The average molecular weight is 342 g/mol. The molecule has 0 saturated carbocycles. The van der Waals surface area contributed by atoms with Crippen LogP contribution >= 0.6 is 0 Å². The second-order valence-electron chi connectivity index (χ2n) is 5.22. The third-order valence-corrected chi connectivity index (χ3v) is 3.60. The maximum atomic E-state index is 11.3. The number of nitrogens with zero attached hydrogens (tertiary/aromatic N) is 1. The van der Waals surface area contributed by atoms with Gasteiger partial charge in [-0.1, -0.05) is 47.6 Å². The third kappa shape index (κ3) is 5.06. The summed E-state index contributed by atoms with van der Waals surface area (Å²) >= 11 is 0. The topological polar surface area (TPSA) is 69.2 Å². The summed E-state index contributed by atoms with van der Waals surface area (Å²) in [5.41, 5.74) is 4.87. The Labute approximate surface area is 147 Å². The van der Waals surface area contributed by atoms with Crippen LogP contribution in [0.15, 0.2) is 59.4 Å². The fourth-order valence-electron chi connectivity index (χ4n) is 2.42. The molecular formula is C19H22N2O4. The van der Waals surface area contributed by atoms with Crippen molar-refractivity contribution in [1.82, 2.24) is 5.48 Å². The number of allylic oxidation sites excluding steroid dienone is 2. The van der Waals surface area contributed by atoms with Crippen LogP contribution in [0.25, 0.3) is 10.8 Å². The number of carbonyl (C=O) groups is 1. The molecule has 0 aliphatic carbocycles. The number of oxime groups is 1. The summed E-state index contributed by atoms with van der Waals surface area (Å²) in [6.45, 7) is 0. The van der Waals surface area contributed by atoms with E-state index in [1.165, 1.54) is 21.3 Å². The molecule has 0 aromatic heterocycles. The molecule has 2 rings (SSSR count). The standard InChI is InChI=1S/C19H22N2O4/c1-23-18(22)10-6-9-17(20-24-2)19(21-25-3)16-12-11-14-7-4-5-8-15(14)13-16/h4-5,7-9,11-13,20H,6,10H2,1-3H3. The number of carbonyl (C=O) groups excluding carboxylic acids is 1. The summed E-state index contributed by atoms with van der Waals surface area (Å²) in [5, 5.41) is 6.36. The van der Waals surface area contributed by atoms with Crippen LogP contribution in [-0.2, 0) is 19.2 Å². The fourth-order valence-corrected chi connectivity index (χ4v) is 2.42. The zero-order chi connectivity index (χ0) is 18.1. The van der Waals surface area contributed by atoms with E-state index in [1.807, 2.05) is 48.5 Å². The molecule has 6 nitrogen and oxygen atoms in total. The monoisotopic (exact) mass is 342 g/mol. The van der Waals surface area contributed by atoms with Crippen molar-refractivity contribution in [3.05, 3.63) is 59.8 Å². The first-order valence-corrected chi connectivity index (χ1v) is 7.86. The summed E-state index contributed by atoms with van der Waals surface area (Å²) in [6, 6.07) is 14.1. The van der Waals surface area contributed by atoms with Gasteiger partial charge in [0.2, 0.25) is 0 Å². The Morgan fingerprint density at radius 2 is 1.88 bits per heavy atom. The van der Waals surface area contributed by atoms with Crippen LogP contribution in [0.1, 0.15) is 18.4 Å². The van der Waals surface area contributed by atoms with Crippen molar-refractivity contribution in [2.24, 2.45) is 5.16 Å². The van der Waals surface area contributed by atoms with E-state index in [1.54, 1.807) is 0 Å². The molecule has 0 fully saturated rings. The summed E-state index contributed by atoms with van der Waals surface area (Å²) in [6.07, 6.45) is 2.57. The van der Waals surface area contributed by atoms with E-state index in [-0.39, 0.29) is 12.4 Å². The van der Waals surface area contributed by atoms with E-state index in [2.05, 4.69) is 15.4 Å². The Morgan fingerprint density at radius 3 is 2.56 bits per heavy atom. The van der Waals surface area contributed by atoms with E-state index in [9.17, 15) is 4.79 Å². The van der Waals surface area contributed by atoms with Crippen LogP contribution in [0.2, 0.25) is 0 Å². The molecular weight excluding hydrogens is 320 g/mol. The zero-order valence-corrected chi connectivity index (χ0v) is 14.6. The summed E-state index contributed by atoms with van der Waals surface area (Å²) in [7, 11) is 4.37. The van der Waals surface area contributed by atoms with Crippen LogP contribution in [0, 0.1) is 0 Å². The normalized spacial score (nSPS) is 12.1. The molecule has 0 atom stereocenters. The van der Waals surface area contributed by atoms with Gasteiger partial charge in [0.25, 0.3) is 0 Å². The number of methoxy groups -OCH3 is 1. The Hall–Kier alpha value is -2.86. The van der Waals surface area contributed by atoms with E-state index in [4.69, 9.17) is 9.68 Å². The van der Waals surface area contributed by atoms with Gasteiger partial charge in [-0.05, 0) is 23.3 Å². The highest BCUT2D eigenvalue weighted by molar-refractivity contribution is 6.13. The Morgan fingerprint density at radius 1 is 1.12 bits per heavy atom. The van der Waals surface area contributed by atoms with Crippen LogP contribution in [0.3, 0.4) is 0 Å². The SMILES string of the molecule is CON=C(C(=CCCC(=O)OC)NOC)c1ccc2ccccc2c1. The Kier molecular flexibility index (Phi) is 6.98. The highest BCUT2D eigenvalue weighted by Gasteiger charge is 2.12. The van der Waals surface area contributed by atoms with E-state index in [0.717, 1.165) is 16.3 Å². The smallest absolute Gasteiger partial charge is 0.305 e. The molecule has 0 aliphatic heterocycles. The Bertz CT molecular complexity index is 784. The highest BCUT2D eigenvalue weighted by atomic mass is 16.6. The maximum Gasteiger partial charge on any atom is 0.305 e. The second kappa shape index (κ2) is 9.44. The van der Waals surface area contributed by atoms with Gasteiger partial charge in [0.05, 0.1) is 19.9 Å². The second-order valence-corrected chi connectivity index (χ2v) is 5.22. The van der Waals surface area contributed by atoms with Crippen LogP contribution < -0.4 is 5.48 Å². The van der Waals surface area contributed by atoms with Crippen molar-refractivity contribution in [2.45, 2.75) is 12.8 Å². The average Bonchev–Trinajstić information content (AvgIpc) is 2.65. The summed E-state index contributed by atoms with van der Waals surface area (Å²) in [5.74, 6) is -0.274. The van der Waals surface area contributed by atoms with Crippen molar-refractivity contribution in [2.75, 3.05) is 21.3 Å². The van der Waals surface area contributed by atoms with Gasteiger partial charge in [-0.2, -0.15) is 0 Å². The molecule has 0 bridgehead atoms. The van der Waals surface area contributed by atoms with Gasteiger partial charge in [0, 0.05) is 12.0 Å². The quantitative estimate of drug-likeness (QED) is 0.453. The van der Waals surface area contributed by atoms with Crippen molar-refractivity contribution in [3.8, 4) is 0 Å². The number of hydroxylamine groups is 1. The fraction of sp³-hybridized carbons (Fsp3) is 0.263.